The Kier molecular flexibility index (Phi) is 3.05. The number of epoxide rings is 1. The van der Waals surface area contributed by atoms with Gasteiger partial charge in [-0.15, -0.1) is 0 Å². The topological polar surface area (TPSA) is 48.1 Å². The van der Waals surface area contributed by atoms with Gasteiger partial charge in [0.1, 0.15) is 24.3 Å². The average Bonchev–Trinajstić information content (AvgIpc) is 3.09. The summed E-state index contributed by atoms with van der Waals surface area (Å²) in [5.41, 5.74) is -0.0995. The summed E-state index contributed by atoms with van der Waals surface area (Å²) < 4.78 is 28.0. The molecule has 1 heterocycles. The first kappa shape index (κ1) is 10.9. The van der Waals surface area contributed by atoms with Crippen molar-refractivity contribution in [2.45, 2.75) is 6.10 Å². The first-order chi connectivity index (χ1) is 7.70. The van der Waals surface area contributed by atoms with E-state index in [9.17, 15) is 9.18 Å². The van der Waals surface area contributed by atoms with Gasteiger partial charge in [0.25, 0.3) is 0 Å². The molecule has 0 amide bonds. The van der Waals surface area contributed by atoms with Crippen LogP contribution in [0.2, 0.25) is 0 Å². The maximum atomic E-state index is 13.4. The van der Waals surface area contributed by atoms with Crippen LogP contribution in [-0.4, -0.2) is 32.4 Å². The number of methoxy groups -OCH3 is 1. The minimum Gasteiger partial charge on any atom is -0.491 e. The first-order valence-corrected chi connectivity index (χ1v) is 4.83. The highest BCUT2D eigenvalue weighted by Gasteiger charge is 2.23. The van der Waals surface area contributed by atoms with Gasteiger partial charge in [-0.25, -0.2) is 9.18 Å². The third kappa shape index (κ3) is 2.49. The Morgan fingerprint density at radius 2 is 2.38 bits per heavy atom. The molecule has 5 heteroatoms. The van der Waals surface area contributed by atoms with Gasteiger partial charge < -0.3 is 14.2 Å². The molecule has 0 aromatic heterocycles. The molecule has 2 rings (SSSR count). The van der Waals surface area contributed by atoms with Crippen LogP contribution in [0.5, 0.6) is 5.75 Å². The number of carbonyl (C=O) groups excluding carboxylic acids is 1. The third-order valence-corrected chi connectivity index (χ3v) is 2.18. The number of carbonyl (C=O) groups is 1. The van der Waals surface area contributed by atoms with Gasteiger partial charge in [0.05, 0.1) is 19.3 Å². The van der Waals surface area contributed by atoms with E-state index in [4.69, 9.17) is 9.47 Å². The van der Waals surface area contributed by atoms with Gasteiger partial charge >= 0.3 is 5.97 Å². The molecule has 0 bridgehead atoms. The summed E-state index contributed by atoms with van der Waals surface area (Å²) in [7, 11) is 1.20. The first-order valence-electron chi connectivity index (χ1n) is 4.83. The summed E-state index contributed by atoms with van der Waals surface area (Å²) in [4.78, 5) is 11.1. The molecule has 1 fully saturated rings. The lowest BCUT2D eigenvalue weighted by Crippen LogP contribution is -2.07. The number of rotatable bonds is 4. The Bertz CT molecular complexity index is 401. The van der Waals surface area contributed by atoms with E-state index in [1.54, 1.807) is 0 Å². The molecule has 1 aromatic carbocycles. The summed E-state index contributed by atoms with van der Waals surface area (Å²) in [5, 5.41) is 0. The van der Waals surface area contributed by atoms with Gasteiger partial charge in [-0.3, -0.25) is 0 Å². The molecule has 1 aliphatic heterocycles. The van der Waals surface area contributed by atoms with Crippen LogP contribution in [0.4, 0.5) is 4.39 Å². The lowest BCUT2D eigenvalue weighted by atomic mass is 10.2. The Morgan fingerprint density at radius 1 is 1.62 bits per heavy atom. The summed E-state index contributed by atoms with van der Waals surface area (Å²) in [6, 6.07) is 4.02. The van der Waals surface area contributed by atoms with Crippen molar-refractivity contribution in [3.05, 3.63) is 29.6 Å². The number of benzene rings is 1. The zero-order valence-electron chi connectivity index (χ0n) is 8.73. The van der Waals surface area contributed by atoms with Crippen molar-refractivity contribution in [3.63, 3.8) is 0 Å². The highest BCUT2D eigenvalue weighted by atomic mass is 19.1. The lowest BCUT2D eigenvalue weighted by Gasteiger charge is -2.06. The largest absolute Gasteiger partial charge is 0.491 e. The van der Waals surface area contributed by atoms with Crippen LogP contribution >= 0.6 is 0 Å². The number of esters is 1. The number of hydrogen-bond acceptors (Lipinski definition) is 4. The SMILES string of the molecule is COC(=O)c1ccc(OC[C@H]2CO2)cc1F. The van der Waals surface area contributed by atoms with Gasteiger partial charge in [-0.1, -0.05) is 0 Å². The Morgan fingerprint density at radius 3 is 2.94 bits per heavy atom. The number of hydrogen-bond donors (Lipinski definition) is 0. The minimum absolute atomic E-state index is 0.0995. The van der Waals surface area contributed by atoms with E-state index in [0.717, 1.165) is 6.07 Å². The third-order valence-electron chi connectivity index (χ3n) is 2.18. The molecular formula is C11H11FO4. The molecule has 1 atom stereocenters. The molecular weight excluding hydrogens is 215 g/mol. The fourth-order valence-electron chi connectivity index (χ4n) is 1.21. The van der Waals surface area contributed by atoms with Crippen LogP contribution in [0.3, 0.4) is 0 Å². The highest BCUT2D eigenvalue weighted by molar-refractivity contribution is 5.89. The van der Waals surface area contributed by atoms with Gasteiger partial charge in [-0.2, -0.15) is 0 Å². The second kappa shape index (κ2) is 4.49. The fraction of sp³-hybridized carbons (Fsp3) is 0.364. The minimum atomic E-state index is -0.699. The van der Waals surface area contributed by atoms with E-state index in [-0.39, 0.29) is 11.7 Å². The lowest BCUT2D eigenvalue weighted by molar-refractivity contribution is 0.0595. The van der Waals surface area contributed by atoms with Crippen LogP contribution in [0, 0.1) is 5.82 Å². The molecule has 1 saturated heterocycles. The van der Waals surface area contributed by atoms with Crippen molar-refractivity contribution in [2.75, 3.05) is 20.3 Å². The molecule has 0 spiro atoms. The Hall–Kier alpha value is -1.62. The number of ether oxygens (including phenoxy) is 3. The highest BCUT2D eigenvalue weighted by Crippen LogP contribution is 2.19. The van der Waals surface area contributed by atoms with E-state index in [1.807, 2.05) is 0 Å². The molecule has 0 saturated carbocycles. The second-order valence-corrected chi connectivity index (χ2v) is 3.40. The second-order valence-electron chi connectivity index (χ2n) is 3.40. The molecule has 16 heavy (non-hydrogen) atoms. The maximum Gasteiger partial charge on any atom is 0.340 e. The monoisotopic (exact) mass is 226 g/mol. The molecule has 0 unspecified atom stereocenters. The fourth-order valence-corrected chi connectivity index (χ4v) is 1.21. The van der Waals surface area contributed by atoms with Crippen LogP contribution in [0.25, 0.3) is 0 Å². The molecule has 0 N–H and O–H groups in total. The van der Waals surface area contributed by atoms with E-state index < -0.39 is 11.8 Å². The summed E-state index contributed by atoms with van der Waals surface area (Å²) >= 11 is 0. The van der Waals surface area contributed by atoms with Crippen molar-refractivity contribution in [3.8, 4) is 5.75 Å². The van der Waals surface area contributed by atoms with Gasteiger partial charge in [0.2, 0.25) is 0 Å². The maximum absolute atomic E-state index is 13.4. The van der Waals surface area contributed by atoms with E-state index in [0.29, 0.717) is 19.0 Å². The normalized spacial score (nSPS) is 18.0. The Labute approximate surface area is 91.9 Å². The van der Waals surface area contributed by atoms with Crippen LogP contribution in [0.1, 0.15) is 10.4 Å². The molecule has 0 aliphatic carbocycles. The quantitative estimate of drug-likeness (QED) is 0.575. The predicted octanol–water partition coefficient (Wildman–Crippen LogP) is 1.39. The van der Waals surface area contributed by atoms with Crippen molar-refractivity contribution < 1.29 is 23.4 Å². The van der Waals surface area contributed by atoms with Crippen molar-refractivity contribution >= 4 is 5.97 Å². The molecule has 4 nitrogen and oxygen atoms in total. The molecule has 86 valence electrons. The van der Waals surface area contributed by atoms with Gasteiger partial charge in [-0.05, 0) is 12.1 Å². The predicted molar refractivity (Wildman–Crippen MR) is 53.0 cm³/mol. The van der Waals surface area contributed by atoms with E-state index in [2.05, 4.69) is 4.74 Å². The van der Waals surface area contributed by atoms with Crippen molar-refractivity contribution in [1.29, 1.82) is 0 Å². The van der Waals surface area contributed by atoms with Crippen LogP contribution in [0.15, 0.2) is 18.2 Å². The van der Waals surface area contributed by atoms with Crippen molar-refractivity contribution in [2.24, 2.45) is 0 Å². The smallest absolute Gasteiger partial charge is 0.340 e. The standard InChI is InChI=1S/C11H11FO4/c1-14-11(13)9-3-2-7(4-10(9)12)15-5-8-6-16-8/h2-4,8H,5-6H2,1H3/t8-/m0/s1. The molecule has 1 aromatic rings. The average molecular weight is 226 g/mol. The summed E-state index contributed by atoms with van der Waals surface area (Å²) in [6.07, 6.45) is 0.114. The van der Waals surface area contributed by atoms with Crippen LogP contribution < -0.4 is 4.74 Å². The summed E-state index contributed by atoms with van der Waals surface area (Å²) in [5.74, 6) is -0.976. The number of halogens is 1. The zero-order valence-corrected chi connectivity index (χ0v) is 8.73. The van der Waals surface area contributed by atoms with Crippen molar-refractivity contribution in [1.82, 2.24) is 0 Å². The van der Waals surface area contributed by atoms with Gasteiger partial charge in [0, 0.05) is 6.07 Å². The van der Waals surface area contributed by atoms with E-state index in [1.165, 1.54) is 19.2 Å². The Balaban J connectivity index is 2.05. The summed E-state index contributed by atoms with van der Waals surface area (Å²) in [6.45, 7) is 1.08. The van der Waals surface area contributed by atoms with E-state index >= 15 is 0 Å². The molecule has 1 aliphatic rings. The van der Waals surface area contributed by atoms with Crippen LogP contribution in [-0.2, 0) is 9.47 Å². The zero-order chi connectivity index (χ0) is 11.5. The molecule has 0 radical (unpaired) electrons. The van der Waals surface area contributed by atoms with Gasteiger partial charge in [0.15, 0.2) is 0 Å².